The zero-order chi connectivity index (χ0) is 23.9. The molecular formula is C29H29N3O3. The molecule has 0 bridgehead atoms. The van der Waals surface area contributed by atoms with Crippen LogP contribution in [-0.2, 0) is 13.2 Å². The first kappa shape index (κ1) is 22.7. The molecule has 0 unspecified atom stereocenters. The fraction of sp³-hybridized carbons (Fsp3) is 0.207. The number of carbonyl (C=O) groups excluding carboxylic acids is 1. The lowest BCUT2D eigenvalue weighted by Gasteiger charge is -2.36. The molecule has 2 heterocycles. The van der Waals surface area contributed by atoms with Crippen molar-refractivity contribution >= 4 is 17.3 Å². The van der Waals surface area contributed by atoms with Crippen molar-refractivity contribution in [3.05, 3.63) is 114 Å². The molecule has 0 atom stereocenters. The molecule has 0 saturated carbocycles. The maximum Gasteiger partial charge on any atom is 0.291 e. The lowest BCUT2D eigenvalue weighted by molar-refractivity contribution is 0.0993. The Bertz CT molecular complexity index is 1220. The number of furan rings is 1. The normalized spacial score (nSPS) is 14.0. The van der Waals surface area contributed by atoms with Crippen molar-refractivity contribution in [1.82, 2.24) is 4.90 Å². The Morgan fingerprint density at radius 3 is 2.23 bits per heavy atom. The van der Waals surface area contributed by atoms with Crippen LogP contribution in [0.3, 0.4) is 0 Å². The van der Waals surface area contributed by atoms with Gasteiger partial charge in [-0.2, -0.15) is 0 Å². The Morgan fingerprint density at radius 2 is 1.51 bits per heavy atom. The van der Waals surface area contributed by atoms with Gasteiger partial charge in [0, 0.05) is 49.7 Å². The van der Waals surface area contributed by atoms with Crippen LogP contribution in [-0.4, -0.2) is 37.0 Å². The third-order valence-corrected chi connectivity index (χ3v) is 6.20. The molecule has 1 aliphatic heterocycles. The number of nitrogens with one attached hydrogen (secondary N) is 1. The monoisotopic (exact) mass is 467 g/mol. The van der Waals surface area contributed by atoms with Crippen molar-refractivity contribution in [2.75, 3.05) is 36.4 Å². The Labute approximate surface area is 205 Å². The summed E-state index contributed by atoms with van der Waals surface area (Å²) < 4.78 is 11.2. The molecule has 35 heavy (non-hydrogen) atoms. The number of nitrogens with zero attached hydrogens (tertiary/aromatic N) is 2. The third-order valence-electron chi connectivity index (χ3n) is 6.20. The third kappa shape index (κ3) is 5.91. The van der Waals surface area contributed by atoms with Gasteiger partial charge in [0.25, 0.3) is 5.91 Å². The van der Waals surface area contributed by atoms with Gasteiger partial charge in [-0.15, -0.1) is 0 Å². The van der Waals surface area contributed by atoms with Gasteiger partial charge in [0.05, 0.1) is 6.26 Å². The summed E-state index contributed by atoms with van der Waals surface area (Å²) in [4.78, 5) is 17.7. The number of benzene rings is 3. The Morgan fingerprint density at radius 1 is 0.829 bits per heavy atom. The highest BCUT2D eigenvalue weighted by atomic mass is 16.5. The van der Waals surface area contributed by atoms with Gasteiger partial charge in [-0.25, -0.2) is 0 Å². The van der Waals surface area contributed by atoms with Crippen LogP contribution in [0.2, 0.25) is 0 Å². The van der Waals surface area contributed by atoms with Crippen molar-refractivity contribution in [2.45, 2.75) is 13.2 Å². The molecule has 0 radical (unpaired) electrons. The first-order valence-electron chi connectivity index (χ1n) is 11.9. The molecule has 0 aliphatic carbocycles. The van der Waals surface area contributed by atoms with Gasteiger partial charge in [-0.3, -0.25) is 9.69 Å². The Kier molecular flexibility index (Phi) is 7.10. The summed E-state index contributed by atoms with van der Waals surface area (Å²) in [5.41, 5.74) is 3.95. The lowest BCUT2D eigenvalue weighted by atomic mass is 10.2. The second-order valence-electron chi connectivity index (χ2n) is 8.63. The molecule has 6 heteroatoms. The molecule has 1 amide bonds. The molecule has 5 rings (SSSR count). The second-order valence-corrected chi connectivity index (χ2v) is 8.63. The molecule has 4 aromatic rings. The smallest absolute Gasteiger partial charge is 0.291 e. The second kappa shape index (κ2) is 10.9. The number of piperazine rings is 1. The molecule has 1 aromatic heterocycles. The average Bonchev–Trinajstić information content (AvgIpc) is 3.39. The van der Waals surface area contributed by atoms with Crippen LogP contribution in [0, 0.1) is 0 Å². The van der Waals surface area contributed by atoms with Gasteiger partial charge in [-0.1, -0.05) is 48.5 Å². The van der Waals surface area contributed by atoms with Crippen molar-refractivity contribution < 1.29 is 13.9 Å². The van der Waals surface area contributed by atoms with Gasteiger partial charge in [0.2, 0.25) is 0 Å². The molecule has 1 fully saturated rings. The average molecular weight is 468 g/mol. The molecule has 178 valence electrons. The fourth-order valence-corrected chi connectivity index (χ4v) is 4.28. The van der Waals surface area contributed by atoms with Crippen LogP contribution < -0.4 is 15.0 Å². The number of para-hydroxylation sites is 1. The zero-order valence-corrected chi connectivity index (χ0v) is 19.6. The SMILES string of the molecule is O=C(Nc1ccc(N2CCN(Cc3ccccc3)CC2)cc1)c1occc1COc1ccccc1. The summed E-state index contributed by atoms with van der Waals surface area (Å²) >= 11 is 0. The van der Waals surface area contributed by atoms with E-state index in [4.69, 9.17) is 9.15 Å². The molecule has 1 saturated heterocycles. The van der Waals surface area contributed by atoms with E-state index in [2.05, 4.69) is 57.6 Å². The van der Waals surface area contributed by atoms with Crippen molar-refractivity contribution in [3.8, 4) is 5.75 Å². The molecule has 1 aliphatic rings. The lowest BCUT2D eigenvalue weighted by Crippen LogP contribution is -2.45. The van der Waals surface area contributed by atoms with Crippen molar-refractivity contribution in [1.29, 1.82) is 0 Å². The van der Waals surface area contributed by atoms with E-state index in [-0.39, 0.29) is 18.3 Å². The summed E-state index contributed by atoms with van der Waals surface area (Å²) in [6, 6.07) is 29.9. The number of anilines is 2. The number of carbonyl (C=O) groups is 1. The predicted molar refractivity (Wildman–Crippen MR) is 138 cm³/mol. The van der Waals surface area contributed by atoms with E-state index in [1.54, 1.807) is 6.07 Å². The zero-order valence-electron chi connectivity index (χ0n) is 19.6. The first-order valence-corrected chi connectivity index (χ1v) is 11.9. The number of ether oxygens (including phenoxy) is 1. The number of amides is 1. The summed E-state index contributed by atoms with van der Waals surface area (Å²) in [5, 5.41) is 2.93. The van der Waals surface area contributed by atoms with E-state index in [1.807, 2.05) is 42.5 Å². The van der Waals surface area contributed by atoms with Crippen LogP contribution in [0.1, 0.15) is 21.7 Å². The van der Waals surface area contributed by atoms with Crippen LogP contribution in [0.4, 0.5) is 11.4 Å². The highest BCUT2D eigenvalue weighted by Gasteiger charge is 2.19. The summed E-state index contributed by atoms with van der Waals surface area (Å²) in [6.07, 6.45) is 1.51. The molecule has 1 N–H and O–H groups in total. The van der Waals surface area contributed by atoms with Crippen molar-refractivity contribution in [2.24, 2.45) is 0 Å². The minimum atomic E-state index is -0.288. The van der Waals surface area contributed by atoms with E-state index >= 15 is 0 Å². The number of hydrogen-bond donors (Lipinski definition) is 1. The summed E-state index contributed by atoms with van der Waals surface area (Å²) in [6.45, 7) is 5.27. The minimum absolute atomic E-state index is 0.262. The topological polar surface area (TPSA) is 58.0 Å². The van der Waals surface area contributed by atoms with Crippen molar-refractivity contribution in [3.63, 3.8) is 0 Å². The first-order chi connectivity index (χ1) is 17.2. The van der Waals surface area contributed by atoms with E-state index in [0.717, 1.165) is 49.8 Å². The Balaban J connectivity index is 1.13. The maximum absolute atomic E-state index is 12.8. The predicted octanol–water partition coefficient (Wildman–Crippen LogP) is 5.43. The van der Waals surface area contributed by atoms with Gasteiger partial charge >= 0.3 is 0 Å². The van der Waals surface area contributed by atoms with Gasteiger partial charge in [0.15, 0.2) is 5.76 Å². The van der Waals surface area contributed by atoms with Crippen LogP contribution in [0.15, 0.2) is 102 Å². The maximum atomic E-state index is 12.8. The molecule has 0 spiro atoms. The van der Waals surface area contributed by atoms with E-state index in [1.165, 1.54) is 11.8 Å². The highest BCUT2D eigenvalue weighted by Crippen LogP contribution is 2.22. The van der Waals surface area contributed by atoms with E-state index in [9.17, 15) is 4.79 Å². The quantitative estimate of drug-likeness (QED) is 0.374. The Hall–Kier alpha value is -4.03. The molecule has 3 aromatic carbocycles. The van der Waals surface area contributed by atoms with Crippen LogP contribution in [0.25, 0.3) is 0 Å². The standard InChI is InChI=1S/C29H29N3O3/c33-29(28-24(15-20-34-28)22-35-27-9-5-2-6-10-27)30-25-11-13-26(14-12-25)32-18-16-31(17-19-32)21-23-7-3-1-4-8-23/h1-15,20H,16-19,21-22H2,(H,30,33). The van der Waals surface area contributed by atoms with Gasteiger partial charge in [-0.05, 0) is 48.0 Å². The fourth-order valence-electron chi connectivity index (χ4n) is 4.28. The van der Waals surface area contributed by atoms with Gasteiger partial charge in [0.1, 0.15) is 12.4 Å². The van der Waals surface area contributed by atoms with Gasteiger partial charge < -0.3 is 19.4 Å². The van der Waals surface area contributed by atoms with E-state index in [0.29, 0.717) is 5.56 Å². The van der Waals surface area contributed by atoms with Crippen LogP contribution in [0.5, 0.6) is 5.75 Å². The highest BCUT2D eigenvalue weighted by molar-refractivity contribution is 6.03. The summed E-state index contributed by atoms with van der Waals surface area (Å²) in [5.74, 6) is 0.722. The number of rotatable bonds is 8. The largest absolute Gasteiger partial charge is 0.489 e. The number of hydrogen-bond acceptors (Lipinski definition) is 5. The minimum Gasteiger partial charge on any atom is -0.489 e. The molecular weight excluding hydrogens is 438 g/mol. The van der Waals surface area contributed by atoms with Crippen LogP contribution >= 0.6 is 0 Å². The van der Waals surface area contributed by atoms with E-state index < -0.39 is 0 Å². The molecule has 6 nitrogen and oxygen atoms in total. The summed E-state index contributed by atoms with van der Waals surface area (Å²) in [7, 11) is 0.